The van der Waals surface area contributed by atoms with Gasteiger partial charge in [-0.25, -0.2) is 0 Å². The van der Waals surface area contributed by atoms with E-state index in [1.807, 2.05) is 0 Å². The second kappa shape index (κ2) is 16.0. The van der Waals surface area contributed by atoms with Gasteiger partial charge in [-0.05, 0) is 110 Å². The summed E-state index contributed by atoms with van der Waals surface area (Å²) in [7, 11) is 0. The molecule has 0 aromatic carbocycles. The Labute approximate surface area is 310 Å². The van der Waals surface area contributed by atoms with Crippen LogP contribution in [0.5, 0.6) is 0 Å². The summed E-state index contributed by atoms with van der Waals surface area (Å²) in [4.78, 5) is 0. The van der Waals surface area contributed by atoms with Crippen LogP contribution in [0.3, 0.4) is 0 Å². The lowest BCUT2D eigenvalue weighted by molar-refractivity contribution is -0.320. The van der Waals surface area contributed by atoms with E-state index in [9.17, 15) is 40.9 Å². The van der Waals surface area contributed by atoms with Crippen molar-refractivity contribution in [3.05, 3.63) is 11.6 Å². The monoisotopic (exact) mass is 738 g/mol. The lowest BCUT2D eigenvalue weighted by Gasteiger charge is -2.58. The Morgan fingerprint density at radius 2 is 1.42 bits per heavy atom. The maximum atomic E-state index is 10.9. The van der Waals surface area contributed by atoms with Gasteiger partial charge < -0.3 is 55.1 Å². The summed E-state index contributed by atoms with van der Waals surface area (Å²) in [5, 5.41) is 83.0. The minimum Gasteiger partial charge on any atom is -0.387 e. The van der Waals surface area contributed by atoms with Crippen LogP contribution < -0.4 is 0 Å². The van der Waals surface area contributed by atoms with Gasteiger partial charge in [0, 0.05) is 0 Å². The van der Waals surface area contributed by atoms with Gasteiger partial charge in [0.15, 0.2) is 6.29 Å². The van der Waals surface area contributed by atoms with Crippen molar-refractivity contribution in [1.82, 2.24) is 0 Å². The molecule has 18 atom stereocenters. The van der Waals surface area contributed by atoms with Crippen molar-refractivity contribution < 1.29 is 55.1 Å². The van der Waals surface area contributed by atoms with Gasteiger partial charge in [0.2, 0.25) is 0 Å². The van der Waals surface area contributed by atoms with Gasteiger partial charge in [0.25, 0.3) is 0 Å². The molecule has 5 aliphatic carbocycles. The summed E-state index contributed by atoms with van der Waals surface area (Å²) < 4.78 is 17.9. The number of aliphatic hydroxyl groups is 8. The molecule has 4 saturated carbocycles. The largest absolute Gasteiger partial charge is 0.387 e. The molecule has 0 aromatic heterocycles. The van der Waals surface area contributed by atoms with Crippen molar-refractivity contribution in [2.75, 3.05) is 6.61 Å². The number of hydrogen-bond donors (Lipinski definition) is 8. The standard InChI is InChI=1S/C41H70O11/c1-7-22(20(2)3)9-8-21(4)26-12-13-27-25-11-10-23-18-24(14-16-40(23,5)28(25)15-17-41(26,27)6)51-39-37(49)31(43)30(42)29(52-39)19-50-38-35(47)33(45)32(44)34(46)36(38)48/h10,20-22,24-39,42-49H,7-9,11-19H2,1-6H3. The van der Waals surface area contributed by atoms with Crippen molar-refractivity contribution in [3.8, 4) is 0 Å². The molecule has 18 unspecified atom stereocenters. The predicted molar refractivity (Wildman–Crippen MR) is 194 cm³/mol. The summed E-state index contributed by atoms with van der Waals surface area (Å²) in [5.74, 6) is 5.25. The molecule has 52 heavy (non-hydrogen) atoms. The first-order valence-corrected chi connectivity index (χ1v) is 20.6. The second-order valence-corrected chi connectivity index (χ2v) is 18.7. The molecule has 1 aliphatic heterocycles. The lowest BCUT2D eigenvalue weighted by atomic mass is 9.47. The molecular weight excluding hydrogens is 668 g/mol. The topological polar surface area (TPSA) is 190 Å². The highest BCUT2D eigenvalue weighted by atomic mass is 16.7. The highest BCUT2D eigenvalue weighted by Crippen LogP contribution is 2.67. The quantitative estimate of drug-likeness (QED) is 0.146. The number of hydrogen-bond acceptors (Lipinski definition) is 11. The van der Waals surface area contributed by atoms with Crippen LogP contribution in [0.15, 0.2) is 11.6 Å². The van der Waals surface area contributed by atoms with Crippen LogP contribution >= 0.6 is 0 Å². The number of ether oxygens (including phenoxy) is 3. The molecule has 0 aromatic rings. The summed E-state index contributed by atoms with van der Waals surface area (Å²) in [5.41, 5.74) is 1.93. The highest BCUT2D eigenvalue weighted by molar-refractivity contribution is 5.25. The van der Waals surface area contributed by atoms with E-state index in [1.54, 1.807) is 0 Å². The van der Waals surface area contributed by atoms with Crippen LogP contribution in [0, 0.1) is 52.3 Å². The van der Waals surface area contributed by atoms with E-state index in [0.717, 1.165) is 48.9 Å². The molecule has 0 amide bonds. The summed E-state index contributed by atoms with van der Waals surface area (Å²) in [6, 6.07) is 0. The van der Waals surface area contributed by atoms with Crippen molar-refractivity contribution in [3.63, 3.8) is 0 Å². The maximum absolute atomic E-state index is 10.9. The average Bonchev–Trinajstić information content (AvgIpc) is 3.48. The van der Waals surface area contributed by atoms with E-state index in [1.165, 1.54) is 50.5 Å². The third-order valence-electron chi connectivity index (χ3n) is 15.8. The van der Waals surface area contributed by atoms with Gasteiger partial charge in [-0.3, -0.25) is 0 Å². The SMILES string of the molecule is CCC(CCC(C)C1CCC2C3CC=C4CC(OC5OC(COC6C(O)C(O)C(O)C(O)C6O)C(O)C(O)C5O)CCC4(C)C3CCC12C)C(C)C. The Balaban J connectivity index is 1.07. The van der Waals surface area contributed by atoms with E-state index in [2.05, 4.69) is 47.6 Å². The first kappa shape index (κ1) is 40.9. The molecule has 1 saturated heterocycles. The van der Waals surface area contributed by atoms with Crippen molar-refractivity contribution in [2.45, 2.75) is 186 Å². The Kier molecular flexibility index (Phi) is 12.6. The van der Waals surface area contributed by atoms with Crippen LogP contribution in [0.1, 0.15) is 112 Å². The highest BCUT2D eigenvalue weighted by Gasteiger charge is 2.59. The Morgan fingerprint density at radius 1 is 0.769 bits per heavy atom. The summed E-state index contributed by atoms with van der Waals surface area (Å²) >= 11 is 0. The van der Waals surface area contributed by atoms with E-state index >= 15 is 0 Å². The molecule has 6 aliphatic rings. The molecule has 300 valence electrons. The lowest BCUT2D eigenvalue weighted by Crippen LogP contribution is -2.65. The first-order valence-electron chi connectivity index (χ1n) is 20.6. The first-order chi connectivity index (χ1) is 24.5. The third-order valence-corrected chi connectivity index (χ3v) is 15.8. The molecule has 11 nitrogen and oxygen atoms in total. The molecule has 5 fully saturated rings. The Hall–Kier alpha value is -0.700. The molecule has 6 rings (SSSR count). The van der Waals surface area contributed by atoms with Crippen LogP contribution in [-0.2, 0) is 14.2 Å². The second-order valence-electron chi connectivity index (χ2n) is 18.7. The number of aliphatic hydroxyl groups excluding tert-OH is 8. The van der Waals surface area contributed by atoms with Gasteiger partial charge in [-0.1, -0.05) is 66.0 Å². The fourth-order valence-corrected chi connectivity index (χ4v) is 12.4. The molecule has 0 bridgehead atoms. The zero-order valence-electron chi connectivity index (χ0n) is 32.3. The number of rotatable bonds is 11. The number of fused-ring (bicyclic) bond motifs is 5. The van der Waals surface area contributed by atoms with Gasteiger partial charge in [0.1, 0.15) is 61.0 Å². The zero-order valence-corrected chi connectivity index (χ0v) is 32.3. The van der Waals surface area contributed by atoms with Crippen LogP contribution in [0.2, 0.25) is 0 Å². The zero-order chi connectivity index (χ0) is 37.9. The molecular formula is C41H70O11. The van der Waals surface area contributed by atoms with Gasteiger partial charge >= 0.3 is 0 Å². The summed E-state index contributed by atoms with van der Waals surface area (Å²) in [6.07, 6.45) is -2.35. The van der Waals surface area contributed by atoms with Crippen LogP contribution in [-0.4, -0.2) is 121 Å². The number of allylic oxidation sites excluding steroid dienone is 1. The fraction of sp³-hybridized carbons (Fsp3) is 0.951. The Bertz CT molecular complexity index is 1220. The van der Waals surface area contributed by atoms with E-state index in [0.29, 0.717) is 23.7 Å². The normalized spacial score (nSPS) is 50.6. The molecule has 11 heteroatoms. The van der Waals surface area contributed by atoms with Crippen LogP contribution in [0.4, 0.5) is 0 Å². The molecule has 8 N–H and O–H groups in total. The fourth-order valence-electron chi connectivity index (χ4n) is 12.4. The Morgan fingerprint density at radius 3 is 2.08 bits per heavy atom. The van der Waals surface area contributed by atoms with Crippen molar-refractivity contribution in [1.29, 1.82) is 0 Å². The van der Waals surface area contributed by atoms with Crippen LogP contribution in [0.25, 0.3) is 0 Å². The predicted octanol–water partition coefficient (Wildman–Crippen LogP) is 3.06. The molecule has 0 radical (unpaired) electrons. The molecule has 0 spiro atoms. The van der Waals surface area contributed by atoms with E-state index < -0.39 is 73.9 Å². The maximum Gasteiger partial charge on any atom is 0.186 e. The van der Waals surface area contributed by atoms with Gasteiger partial charge in [-0.15, -0.1) is 0 Å². The minimum absolute atomic E-state index is 0.0991. The van der Waals surface area contributed by atoms with E-state index in [4.69, 9.17) is 14.2 Å². The van der Waals surface area contributed by atoms with Gasteiger partial charge in [0.05, 0.1) is 12.7 Å². The smallest absolute Gasteiger partial charge is 0.186 e. The van der Waals surface area contributed by atoms with Gasteiger partial charge in [-0.2, -0.15) is 0 Å². The van der Waals surface area contributed by atoms with Crippen molar-refractivity contribution >= 4 is 0 Å². The minimum atomic E-state index is -1.76. The molecule has 1 heterocycles. The summed E-state index contributed by atoms with van der Waals surface area (Å²) in [6.45, 7) is 14.3. The third kappa shape index (κ3) is 7.33. The van der Waals surface area contributed by atoms with Crippen molar-refractivity contribution in [2.24, 2.45) is 52.3 Å². The average molecular weight is 739 g/mol. The van der Waals surface area contributed by atoms with E-state index in [-0.39, 0.29) is 11.5 Å².